The molecule has 0 atom stereocenters. The van der Waals surface area contributed by atoms with E-state index in [9.17, 15) is 0 Å². The molecule has 1 aliphatic rings. The van der Waals surface area contributed by atoms with Gasteiger partial charge in [-0.15, -0.1) is 0 Å². The van der Waals surface area contributed by atoms with Gasteiger partial charge in [0.05, 0.1) is 24.2 Å². The average molecular weight is 411 g/mol. The van der Waals surface area contributed by atoms with E-state index in [1.807, 2.05) is 0 Å². The van der Waals surface area contributed by atoms with Gasteiger partial charge in [0.2, 0.25) is 0 Å². The molecule has 31 heavy (non-hydrogen) atoms. The maximum Gasteiger partial charge on any atom is 0.167 e. The van der Waals surface area contributed by atoms with Crippen LogP contribution in [0.1, 0.15) is 5.56 Å². The fourth-order valence-electron chi connectivity index (χ4n) is 4.83. The molecule has 0 unspecified atom stereocenters. The highest BCUT2D eigenvalue weighted by molar-refractivity contribution is 6.34. The number of ether oxygens (including phenoxy) is 2. The predicted octanol–water partition coefficient (Wildman–Crippen LogP) is 3.23. The van der Waals surface area contributed by atoms with Crippen molar-refractivity contribution < 1.29 is 9.47 Å². The summed E-state index contributed by atoms with van der Waals surface area (Å²) in [5.41, 5.74) is 6.95. The smallest absolute Gasteiger partial charge is 0.167 e. The molecule has 0 spiro atoms. The Morgan fingerprint density at radius 3 is 2.32 bits per heavy atom. The molecule has 2 aromatic heterocycles. The summed E-state index contributed by atoms with van der Waals surface area (Å²) in [6.07, 6.45) is 0. The van der Waals surface area contributed by atoms with E-state index in [1.54, 1.807) is 0 Å². The highest BCUT2D eigenvalue weighted by Crippen LogP contribution is 2.40. The Labute approximate surface area is 181 Å². The number of nitrogens with zero attached hydrogens (tertiary/aromatic N) is 1. The van der Waals surface area contributed by atoms with E-state index >= 15 is 0 Å². The highest BCUT2D eigenvalue weighted by Gasteiger charge is 2.18. The molecule has 3 heterocycles. The maximum atomic E-state index is 6.51. The number of aromatic amines is 2. The minimum absolute atomic E-state index is 0.650. The molecule has 1 saturated heterocycles. The highest BCUT2D eigenvalue weighted by atomic mass is 16.5. The lowest BCUT2D eigenvalue weighted by Gasteiger charge is -2.26. The molecule has 1 fully saturated rings. The topological polar surface area (TPSA) is 53.3 Å². The molecule has 6 heteroatoms. The van der Waals surface area contributed by atoms with Gasteiger partial charge in [0.1, 0.15) is 14.5 Å². The Bertz CT molecular complexity index is 1330. The van der Waals surface area contributed by atoms with E-state index in [2.05, 4.69) is 72.1 Å². The number of aryl methyl sites for hydroxylation is 1. The molecule has 6 rings (SSSR count). The lowest BCUT2D eigenvalue weighted by Crippen LogP contribution is -2.38. The minimum Gasteiger partial charge on any atom is -0.488 e. The second-order valence-electron chi connectivity index (χ2n) is 8.70. The van der Waals surface area contributed by atoms with Crippen molar-refractivity contribution in [3.63, 3.8) is 0 Å². The molecule has 2 N–H and O–H groups in total. The number of hydrogen-bond donors (Lipinski definition) is 2. The van der Waals surface area contributed by atoms with Crippen molar-refractivity contribution in [1.82, 2.24) is 14.9 Å². The number of benzene rings is 3. The van der Waals surface area contributed by atoms with E-state index in [4.69, 9.17) is 9.47 Å². The number of hydrogen-bond acceptors (Lipinski definition) is 3. The summed E-state index contributed by atoms with van der Waals surface area (Å²) in [6.45, 7) is 7.26. The standard InChI is InChI=1S/C25H26BN3O2/c1-15-2-4-21-17(12-15)19-14-20-18-13-16(26)3-5-22(18)28-24(20)25(23(19)27-21)31-11-8-29-6-9-30-10-7-29/h2-5,12-14,27-28H,6-11,26H2,1H3. The molecule has 1 aliphatic heterocycles. The summed E-state index contributed by atoms with van der Waals surface area (Å²) < 4.78 is 12.0. The van der Waals surface area contributed by atoms with Crippen molar-refractivity contribution >= 4 is 56.9 Å². The molecule has 156 valence electrons. The van der Waals surface area contributed by atoms with Crippen LogP contribution in [0.15, 0.2) is 42.5 Å². The van der Waals surface area contributed by atoms with Crippen LogP contribution in [0, 0.1) is 6.92 Å². The normalized spacial score (nSPS) is 15.5. The third-order valence-electron chi connectivity index (χ3n) is 6.49. The monoisotopic (exact) mass is 411 g/mol. The zero-order valence-corrected chi connectivity index (χ0v) is 18.0. The van der Waals surface area contributed by atoms with E-state index in [0.717, 1.165) is 60.7 Å². The van der Waals surface area contributed by atoms with Gasteiger partial charge in [-0.1, -0.05) is 29.2 Å². The SMILES string of the molecule is Bc1ccc2[nH]c3c(OCCN4CCOCC4)c4[nH]c5ccc(C)cc5c4cc3c2c1. The lowest BCUT2D eigenvalue weighted by molar-refractivity contribution is 0.0324. The van der Waals surface area contributed by atoms with Gasteiger partial charge in [0.25, 0.3) is 0 Å². The Morgan fingerprint density at radius 1 is 0.903 bits per heavy atom. The van der Waals surface area contributed by atoms with Crippen LogP contribution in [0.2, 0.25) is 0 Å². The van der Waals surface area contributed by atoms with Crippen LogP contribution in [-0.2, 0) is 4.74 Å². The first-order valence-corrected chi connectivity index (χ1v) is 11.1. The molecular weight excluding hydrogens is 385 g/mol. The largest absolute Gasteiger partial charge is 0.488 e. The summed E-state index contributed by atoms with van der Waals surface area (Å²) in [4.78, 5) is 9.67. The van der Waals surface area contributed by atoms with E-state index in [-0.39, 0.29) is 0 Å². The van der Waals surface area contributed by atoms with Crippen LogP contribution in [0.5, 0.6) is 5.75 Å². The second-order valence-corrected chi connectivity index (χ2v) is 8.70. The van der Waals surface area contributed by atoms with Gasteiger partial charge in [-0.3, -0.25) is 4.90 Å². The van der Waals surface area contributed by atoms with Gasteiger partial charge in [-0.25, -0.2) is 0 Å². The maximum absolute atomic E-state index is 6.51. The third-order valence-corrected chi connectivity index (χ3v) is 6.49. The second kappa shape index (κ2) is 7.33. The van der Waals surface area contributed by atoms with Crippen LogP contribution in [0.3, 0.4) is 0 Å². The molecule has 5 aromatic rings. The Hall–Kier alpha value is -2.96. The van der Waals surface area contributed by atoms with Gasteiger partial charge in [-0.05, 0) is 31.2 Å². The predicted molar refractivity (Wildman–Crippen MR) is 131 cm³/mol. The van der Waals surface area contributed by atoms with Gasteiger partial charge in [0, 0.05) is 52.2 Å². The van der Waals surface area contributed by atoms with Crippen LogP contribution in [-0.4, -0.2) is 62.2 Å². The minimum atomic E-state index is 0.650. The van der Waals surface area contributed by atoms with Crippen molar-refractivity contribution in [2.75, 3.05) is 39.5 Å². The van der Waals surface area contributed by atoms with Gasteiger partial charge >= 0.3 is 0 Å². The van der Waals surface area contributed by atoms with Crippen molar-refractivity contribution in [1.29, 1.82) is 0 Å². The Kier molecular flexibility index (Phi) is 4.44. The van der Waals surface area contributed by atoms with Crippen molar-refractivity contribution in [2.24, 2.45) is 0 Å². The van der Waals surface area contributed by atoms with Crippen LogP contribution >= 0.6 is 0 Å². The molecule has 3 aromatic carbocycles. The molecule has 0 amide bonds. The summed E-state index contributed by atoms with van der Waals surface area (Å²) in [5, 5.41) is 4.93. The number of nitrogens with one attached hydrogen (secondary N) is 2. The Balaban J connectivity index is 1.53. The summed E-state index contributed by atoms with van der Waals surface area (Å²) in [5.74, 6) is 0.920. The number of H-pyrrole nitrogens is 2. The fraction of sp³-hybridized carbons (Fsp3) is 0.280. The van der Waals surface area contributed by atoms with Crippen molar-refractivity contribution in [3.8, 4) is 5.75 Å². The first-order chi connectivity index (χ1) is 15.2. The van der Waals surface area contributed by atoms with Crippen LogP contribution in [0.25, 0.3) is 43.6 Å². The first-order valence-electron chi connectivity index (χ1n) is 11.1. The average Bonchev–Trinajstić information content (AvgIpc) is 3.32. The van der Waals surface area contributed by atoms with Crippen LogP contribution in [0.4, 0.5) is 0 Å². The van der Waals surface area contributed by atoms with E-state index in [0.29, 0.717) is 6.61 Å². The Morgan fingerprint density at radius 2 is 1.58 bits per heavy atom. The third kappa shape index (κ3) is 3.18. The van der Waals surface area contributed by atoms with Crippen LogP contribution < -0.4 is 10.2 Å². The molecule has 0 aliphatic carbocycles. The molecular formula is C25H26BN3O2. The fourth-order valence-corrected chi connectivity index (χ4v) is 4.83. The van der Waals surface area contributed by atoms with Crippen molar-refractivity contribution in [3.05, 3.63) is 48.0 Å². The molecule has 0 radical (unpaired) electrons. The number of aromatic nitrogens is 2. The van der Waals surface area contributed by atoms with Gasteiger partial charge < -0.3 is 19.4 Å². The summed E-state index contributed by atoms with van der Waals surface area (Å²) >= 11 is 0. The van der Waals surface area contributed by atoms with Gasteiger partial charge in [0.15, 0.2) is 5.75 Å². The zero-order chi connectivity index (χ0) is 20.9. The first kappa shape index (κ1) is 18.8. The number of fused-ring (bicyclic) bond motifs is 6. The van der Waals surface area contributed by atoms with Crippen molar-refractivity contribution in [2.45, 2.75) is 6.92 Å². The zero-order valence-electron chi connectivity index (χ0n) is 18.0. The molecule has 0 saturated carbocycles. The lowest BCUT2D eigenvalue weighted by atomic mass is 9.94. The summed E-state index contributed by atoms with van der Waals surface area (Å²) in [7, 11) is 2.14. The number of rotatable bonds is 4. The molecule has 5 nitrogen and oxygen atoms in total. The van der Waals surface area contributed by atoms with E-state index < -0.39 is 0 Å². The molecule has 0 bridgehead atoms. The van der Waals surface area contributed by atoms with E-state index in [1.165, 1.54) is 32.6 Å². The number of morpholine rings is 1. The summed E-state index contributed by atoms with van der Waals surface area (Å²) in [6, 6.07) is 15.5. The van der Waals surface area contributed by atoms with Gasteiger partial charge in [-0.2, -0.15) is 0 Å². The quantitative estimate of drug-likeness (QED) is 0.447.